The topological polar surface area (TPSA) is 44.1 Å². The minimum Gasteiger partial charge on any atom is -0.493 e. The van der Waals surface area contributed by atoms with Crippen molar-refractivity contribution in [1.82, 2.24) is 9.78 Å². The van der Waals surface area contributed by atoms with Gasteiger partial charge in [-0.05, 0) is 0 Å². The number of nitrogens with zero attached hydrogens (tertiary/aromatic N) is 2. The van der Waals surface area contributed by atoms with Crippen molar-refractivity contribution in [2.45, 2.75) is 13.8 Å². The quantitative estimate of drug-likeness (QED) is 0.661. The maximum absolute atomic E-state index is 11.7. The maximum atomic E-state index is 11.7. The van der Waals surface area contributed by atoms with Crippen molar-refractivity contribution in [3.63, 3.8) is 0 Å². The van der Waals surface area contributed by atoms with Crippen molar-refractivity contribution in [1.29, 1.82) is 0 Å². The first-order chi connectivity index (χ1) is 6.07. The summed E-state index contributed by atoms with van der Waals surface area (Å²) in [6.45, 7) is 3.71. The number of carbonyl (C=O) groups is 1. The number of hydrogen-bond acceptors (Lipinski definition) is 3. The second-order valence-electron chi connectivity index (χ2n) is 3.20. The summed E-state index contributed by atoms with van der Waals surface area (Å²) in [7, 11) is 3.27. The summed E-state index contributed by atoms with van der Waals surface area (Å²) in [5, 5.41) is 3.96. The molecule has 0 aliphatic rings. The van der Waals surface area contributed by atoms with Gasteiger partial charge in [0.05, 0.1) is 13.3 Å². The fraction of sp³-hybridized carbons (Fsp3) is 0.556. The molecule has 72 valence electrons. The molecule has 0 atom stereocenters. The normalized spacial score (nSPS) is 10.5. The van der Waals surface area contributed by atoms with Crippen molar-refractivity contribution < 1.29 is 9.53 Å². The Labute approximate surface area is 77.5 Å². The summed E-state index contributed by atoms with van der Waals surface area (Å²) >= 11 is 0. The Morgan fingerprint density at radius 3 is 2.69 bits per heavy atom. The molecule has 0 amide bonds. The highest BCUT2D eigenvalue weighted by atomic mass is 16.5. The largest absolute Gasteiger partial charge is 0.493 e. The Morgan fingerprint density at radius 2 is 2.23 bits per heavy atom. The Hall–Kier alpha value is -1.32. The molecule has 13 heavy (non-hydrogen) atoms. The molecule has 0 aliphatic heterocycles. The number of ether oxygens (including phenoxy) is 1. The predicted molar refractivity (Wildman–Crippen MR) is 48.9 cm³/mol. The van der Waals surface area contributed by atoms with E-state index in [9.17, 15) is 4.79 Å². The van der Waals surface area contributed by atoms with E-state index in [-0.39, 0.29) is 11.7 Å². The van der Waals surface area contributed by atoms with Crippen molar-refractivity contribution in [3.05, 3.63) is 11.9 Å². The number of rotatable bonds is 3. The third-order valence-corrected chi connectivity index (χ3v) is 1.88. The van der Waals surface area contributed by atoms with Crippen LogP contribution in [0.15, 0.2) is 6.20 Å². The Bertz CT molecular complexity index is 315. The van der Waals surface area contributed by atoms with Crippen LogP contribution < -0.4 is 4.74 Å². The molecule has 0 aliphatic carbocycles. The molecular formula is C9H14N2O2. The molecule has 0 radical (unpaired) electrons. The average molecular weight is 182 g/mol. The summed E-state index contributed by atoms with van der Waals surface area (Å²) in [5.41, 5.74) is 0.539. The Kier molecular flexibility index (Phi) is 2.70. The minimum atomic E-state index is -0.0377. The van der Waals surface area contributed by atoms with E-state index in [0.29, 0.717) is 11.4 Å². The highest BCUT2D eigenvalue weighted by Gasteiger charge is 2.19. The van der Waals surface area contributed by atoms with Crippen LogP contribution in [0.4, 0.5) is 0 Å². The van der Waals surface area contributed by atoms with Gasteiger partial charge in [0.15, 0.2) is 11.5 Å². The SMILES string of the molecule is COc1cnn(C)c1C(=O)C(C)C. The van der Waals surface area contributed by atoms with Crippen molar-refractivity contribution in [2.24, 2.45) is 13.0 Å². The number of Topliss-reactive ketones (excluding diaryl/α,β-unsaturated/α-hetero) is 1. The van der Waals surface area contributed by atoms with Crippen LogP contribution in [-0.2, 0) is 7.05 Å². The predicted octanol–water partition coefficient (Wildman–Crippen LogP) is 1.27. The lowest BCUT2D eigenvalue weighted by atomic mass is 10.1. The zero-order valence-corrected chi connectivity index (χ0v) is 8.37. The maximum Gasteiger partial charge on any atom is 0.187 e. The molecule has 0 N–H and O–H groups in total. The van der Waals surface area contributed by atoms with Crippen LogP contribution in [0.25, 0.3) is 0 Å². The van der Waals surface area contributed by atoms with E-state index < -0.39 is 0 Å². The standard InChI is InChI=1S/C9H14N2O2/c1-6(2)9(12)8-7(13-4)5-10-11(8)3/h5-6H,1-4H3. The van der Waals surface area contributed by atoms with Crippen LogP contribution in [0.1, 0.15) is 24.3 Å². The number of methoxy groups -OCH3 is 1. The van der Waals surface area contributed by atoms with Crippen LogP contribution >= 0.6 is 0 Å². The minimum absolute atomic E-state index is 0.0377. The summed E-state index contributed by atoms with van der Waals surface area (Å²) in [6, 6.07) is 0. The monoisotopic (exact) mass is 182 g/mol. The molecular weight excluding hydrogens is 168 g/mol. The first-order valence-electron chi connectivity index (χ1n) is 4.18. The molecule has 0 fully saturated rings. The van der Waals surface area contributed by atoms with E-state index in [1.165, 1.54) is 7.11 Å². The number of hydrogen-bond donors (Lipinski definition) is 0. The summed E-state index contributed by atoms with van der Waals surface area (Å²) < 4.78 is 6.58. The van der Waals surface area contributed by atoms with Crippen molar-refractivity contribution in [2.75, 3.05) is 7.11 Å². The van der Waals surface area contributed by atoms with Crippen LogP contribution in [-0.4, -0.2) is 22.7 Å². The lowest BCUT2D eigenvalue weighted by Crippen LogP contribution is -2.13. The van der Waals surface area contributed by atoms with Crippen LogP contribution in [0.3, 0.4) is 0 Å². The van der Waals surface area contributed by atoms with E-state index in [1.807, 2.05) is 13.8 Å². The third-order valence-electron chi connectivity index (χ3n) is 1.88. The van der Waals surface area contributed by atoms with Gasteiger partial charge in [-0.15, -0.1) is 0 Å². The molecule has 0 saturated heterocycles. The number of aryl methyl sites for hydroxylation is 1. The van der Waals surface area contributed by atoms with Gasteiger partial charge in [-0.3, -0.25) is 9.48 Å². The smallest absolute Gasteiger partial charge is 0.187 e. The molecule has 4 heteroatoms. The molecule has 1 aromatic rings. The highest BCUT2D eigenvalue weighted by molar-refractivity contribution is 5.98. The zero-order valence-electron chi connectivity index (χ0n) is 8.37. The molecule has 0 saturated carbocycles. The molecule has 1 aromatic heterocycles. The van der Waals surface area contributed by atoms with E-state index in [0.717, 1.165) is 0 Å². The number of aromatic nitrogens is 2. The zero-order chi connectivity index (χ0) is 10.0. The lowest BCUT2D eigenvalue weighted by molar-refractivity contribution is 0.0926. The third kappa shape index (κ3) is 1.71. The Balaban J connectivity index is 3.11. The van der Waals surface area contributed by atoms with Crippen molar-refractivity contribution in [3.8, 4) is 5.75 Å². The first-order valence-corrected chi connectivity index (χ1v) is 4.18. The second kappa shape index (κ2) is 3.60. The van der Waals surface area contributed by atoms with Crippen molar-refractivity contribution >= 4 is 5.78 Å². The molecule has 0 bridgehead atoms. The van der Waals surface area contributed by atoms with Crippen LogP contribution in [0.2, 0.25) is 0 Å². The second-order valence-corrected chi connectivity index (χ2v) is 3.20. The van der Waals surface area contributed by atoms with Gasteiger partial charge < -0.3 is 4.74 Å². The summed E-state index contributed by atoms with van der Waals surface area (Å²) in [5.74, 6) is 0.558. The van der Waals surface area contributed by atoms with Gasteiger partial charge >= 0.3 is 0 Å². The van der Waals surface area contributed by atoms with Gasteiger partial charge in [0.2, 0.25) is 0 Å². The van der Waals surface area contributed by atoms with Gasteiger partial charge in [0, 0.05) is 13.0 Å². The van der Waals surface area contributed by atoms with Gasteiger partial charge in [-0.25, -0.2) is 0 Å². The lowest BCUT2D eigenvalue weighted by Gasteiger charge is -2.06. The average Bonchev–Trinajstić information content (AvgIpc) is 2.45. The van der Waals surface area contributed by atoms with Gasteiger partial charge in [-0.2, -0.15) is 5.10 Å². The van der Waals surface area contributed by atoms with E-state index >= 15 is 0 Å². The van der Waals surface area contributed by atoms with Gasteiger partial charge in [0.1, 0.15) is 5.69 Å². The highest BCUT2D eigenvalue weighted by Crippen LogP contribution is 2.19. The fourth-order valence-electron chi connectivity index (χ4n) is 1.12. The van der Waals surface area contributed by atoms with E-state index in [1.54, 1.807) is 17.9 Å². The van der Waals surface area contributed by atoms with Crippen LogP contribution in [0.5, 0.6) is 5.75 Å². The molecule has 1 heterocycles. The van der Waals surface area contributed by atoms with Crippen LogP contribution in [0, 0.1) is 5.92 Å². The number of ketones is 1. The fourth-order valence-corrected chi connectivity index (χ4v) is 1.12. The molecule has 4 nitrogen and oxygen atoms in total. The van der Waals surface area contributed by atoms with Gasteiger partial charge in [0.25, 0.3) is 0 Å². The molecule has 1 rings (SSSR count). The molecule has 0 aromatic carbocycles. The van der Waals surface area contributed by atoms with Gasteiger partial charge in [-0.1, -0.05) is 13.8 Å². The van der Waals surface area contributed by atoms with E-state index in [2.05, 4.69) is 5.10 Å². The summed E-state index contributed by atoms with van der Waals surface area (Å²) in [6.07, 6.45) is 1.55. The van der Waals surface area contributed by atoms with E-state index in [4.69, 9.17) is 4.74 Å². The molecule has 0 unspecified atom stereocenters. The molecule has 0 spiro atoms. The Morgan fingerprint density at radius 1 is 1.62 bits per heavy atom. The first kappa shape index (κ1) is 9.77. The number of carbonyl (C=O) groups excluding carboxylic acids is 1. The summed E-state index contributed by atoms with van der Waals surface area (Å²) in [4.78, 5) is 11.7.